The molecule has 1 heterocycles. The zero-order valence-corrected chi connectivity index (χ0v) is 20.9. The highest BCUT2D eigenvalue weighted by atomic mass is 16.7. The maximum Gasteiger partial charge on any atom is 0.195 e. The van der Waals surface area contributed by atoms with Gasteiger partial charge in [-0.1, -0.05) is 26.8 Å². The SMILES string of the molecule is COC(C)(C)OC[C@@H](C)COc1ccc2c(c1)C(C)(C)c1[nH]c3c(C#N)c(C#N)ccc3c1C2=O. The maximum atomic E-state index is 13.6. The van der Waals surface area contributed by atoms with Crippen molar-refractivity contribution in [2.24, 2.45) is 5.92 Å². The Hall–Kier alpha value is -3.65. The van der Waals surface area contributed by atoms with Crippen LogP contribution in [0.15, 0.2) is 30.3 Å². The van der Waals surface area contributed by atoms with Gasteiger partial charge >= 0.3 is 0 Å². The van der Waals surface area contributed by atoms with Crippen molar-refractivity contribution in [2.75, 3.05) is 20.3 Å². The first-order valence-corrected chi connectivity index (χ1v) is 11.5. The van der Waals surface area contributed by atoms with Crippen LogP contribution in [0.5, 0.6) is 5.75 Å². The standard InChI is InChI=1S/C28H29N3O4/c1-16(15-35-28(4,5)33-6)14-34-18-8-10-19-22(11-18)27(2,3)26-23(25(19)32)20-9-7-17(12-29)21(13-30)24(20)31-26/h7-11,16,31H,14-15H2,1-6H3/t16-/m0/s1. The van der Waals surface area contributed by atoms with Gasteiger partial charge in [0.05, 0.1) is 35.4 Å². The smallest absolute Gasteiger partial charge is 0.195 e. The number of methoxy groups -OCH3 is 1. The van der Waals surface area contributed by atoms with Crippen LogP contribution >= 0.6 is 0 Å². The van der Waals surface area contributed by atoms with Crippen LogP contribution in [-0.2, 0) is 14.9 Å². The van der Waals surface area contributed by atoms with Gasteiger partial charge in [-0.3, -0.25) is 4.79 Å². The van der Waals surface area contributed by atoms with Crippen LogP contribution < -0.4 is 4.74 Å². The molecule has 0 amide bonds. The van der Waals surface area contributed by atoms with Gasteiger partial charge < -0.3 is 19.2 Å². The van der Waals surface area contributed by atoms with Gasteiger partial charge in [0.2, 0.25) is 0 Å². The lowest BCUT2D eigenvalue weighted by molar-refractivity contribution is -0.203. The molecule has 0 saturated heterocycles. The highest BCUT2D eigenvalue weighted by molar-refractivity contribution is 6.20. The topological polar surface area (TPSA) is 108 Å². The number of H-pyrrole nitrogens is 1. The van der Waals surface area contributed by atoms with Crippen LogP contribution in [0.4, 0.5) is 0 Å². The molecule has 7 nitrogen and oxygen atoms in total. The Morgan fingerprint density at radius 2 is 1.86 bits per heavy atom. The second-order valence-electron chi connectivity index (χ2n) is 10.0. The fraction of sp³-hybridized carbons (Fsp3) is 0.393. The molecule has 1 atom stereocenters. The molecule has 1 aliphatic rings. The van der Waals surface area contributed by atoms with E-state index in [1.165, 1.54) is 0 Å². The van der Waals surface area contributed by atoms with Crippen LogP contribution in [0.3, 0.4) is 0 Å². The van der Waals surface area contributed by atoms with Gasteiger partial charge in [0, 0.05) is 35.1 Å². The van der Waals surface area contributed by atoms with Gasteiger partial charge in [0.25, 0.3) is 0 Å². The molecule has 2 aromatic carbocycles. The number of hydrogen-bond donors (Lipinski definition) is 1. The number of ether oxygens (including phenoxy) is 3. The lowest BCUT2D eigenvalue weighted by Gasteiger charge is -2.32. The molecule has 0 fully saturated rings. The number of aromatic nitrogens is 1. The summed E-state index contributed by atoms with van der Waals surface area (Å²) in [5, 5.41) is 19.7. The fourth-order valence-electron chi connectivity index (χ4n) is 4.46. The number of fused-ring (bicyclic) bond motifs is 4. The van der Waals surface area contributed by atoms with E-state index in [9.17, 15) is 15.3 Å². The summed E-state index contributed by atoms with van der Waals surface area (Å²) in [5.74, 6) is 0.0474. The molecule has 0 bridgehead atoms. The Morgan fingerprint density at radius 1 is 1.11 bits per heavy atom. The van der Waals surface area contributed by atoms with Crippen molar-refractivity contribution < 1.29 is 19.0 Å². The van der Waals surface area contributed by atoms with E-state index in [2.05, 4.69) is 17.1 Å². The summed E-state index contributed by atoms with van der Waals surface area (Å²) in [6.45, 7) is 10.8. The first-order chi connectivity index (χ1) is 16.5. The number of ketones is 1. The zero-order valence-electron chi connectivity index (χ0n) is 20.9. The molecule has 0 aliphatic heterocycles. The van der Waals surface area contributed by atoms with Crippen LogP contribution in [0, 0.1) is 28.6 Å². The molecule has 1 aromatic heterocycles. The van der Waals surface area contributed by atoms with E-state index in [1.807, 2.05) is 46.8 Å². The van der Waals surface area contributed by atoms with Crippen LogP contribution in [0.25, 0.3) is 10.9 Å². The quantitative estimate of drug-likeness (QED) is 0.475. The Labute approximate surface area is 205 Å². The summed E-state index contributed by atoms with van der Waals surface area (Å²) < 4.78 is 17.1. The number of benzene rings is 2. The van der Waals surface area contributed by atoms with Crippen LogP contribution in [-0.4, -0.2) is 36.9 Å². The zero-order chi connectivity index (χ0) is 25.5. The third kappa shape index (κ3) is 4.18. The molecule has 1 N–H and O–H groups in total. The van der Waals surface area contributed by atoms with Gasteiger partial charge in [-0.05, 0) is 43.7 Å². The van der Waals surface area contributed by atoms with Crippen molar-refractivity contribution in [2.45, 2.75) is 45.8 Å². The van der Waals surface area contributed by atoms with Gasteiger partial charge in [-0.25, -0.2) is 0 Å². The molecule has 1 aliphatic carbocycles. The average Bonchev–Trinajstić information content (AvgIpc) is 3.25. The number of nitrogens with one attached hydrogen (secondary N) is 1. The van der Waals surface area contributed by atoms with E-state index < -0.39 is 11.2 Å². The first-order valence-electron chi connectivity index (χ1n) is 11.5. The third-order valence-corrected chi connectivity index (χ3v) is 6.71. The highest BCUT2D eigenvalue weighted by Gasteiger charge is 2.40. The second kappa shape index (κ2) is 8.85. The van der Waals surface area contributed by atoms with Crippen molar-refractivity contribution in [3.63, 3.8) is 0 Å². The highest BCUT2D eigenvalue weighted by Crippen LogP contribution is 2.45. The average molecular weight is 472 g/mol. The van der Waals surface area contributed by atoms with E-state index >= 15 is 0 Å². The van der Waals surface area contributed by atoms with Crippen LogP contribution in [0.2, 0.25) is 0 Å². The predicted octanol–water partition coefficient (Wildman–Crippen LogP) is 5.20. The van der Waals surface area contributed by atoms with Gasteiger partial charge in [0.1, 0.15) is 17.9 Å². The monoisotopic (exact) mass is 471 g/mol. The maximum absolute atomic E-state index is 13.6. The molecule has 0 saturated carbocycles. The number of hydrogen-bond acceptors (Lipinski definition) is 6. The number of aromatic amines is 1. The summed E-state index contributed by atoms with van der Waals surface area (Å²) in [7, 11) is 1.61. The van der Waals surface area contributed by atoms with Gasteiger partial charge in [-0.15, -0.1) is 0 Å². The second-order valence-corrected chi connectivity index (χ2v) is 10.0. The molecular weight excluding hydrogens is 442 g/mol. The van der Waals surface area contributed by atoms with Crippen molar-refractivity contribution in [3.8, 4) is 17.9 Å². The summed E-state index contributed by atoms with van der Waals surface area (Å²) in [6, 6.07) is 13.1. The van der Waals surface area contributed by atoms with E-state index in [0.717, 1.165) is 11.3 Å². The summed E-state index contributed by atoms with van der Waals surface area (Å²) in [6.07, 6.45) is 0. The minimum Gasteiger partial charge on any atom is -0.493 e. The van der Waals surface area contributed by atoms with Gasteiger partial charge in [0.15, 0.2) is 11.6 Å². The minimum atomic E-state index is -0.652. The largest absolute Gasteiger partial charge is 0.493 e. The van der Waals surface area contributed by atoms with Crippen molar-refractivity contribution in [1.29, 1.82) is 10.5 Å². The van der Waals surface area contributed by atoms with Crippen LogP contribution in [0.1, 0.15) is 72.9 Å². The normalized spacial score (nSPS) is 15.1. The molecule has 0 unspecified atom stereocenters. The Kier molecular flexibility index (Phi) is 6.19. The molecular formula is C28H29N3O4. The predicted molar refractivity (Wildman–Crippen MR) is 131 cm³/mol. The van der Waals surface area contributed by atoms with E-state index in [-0.39, 0.29) is 22.8 Å². The number of carbonyl (C=O) groups is 1. The summed E-state index contributed by atoms with van der Waals surface area (Å²) in [5.41, 5.74) is 3.26. The summed E-state index contributed by atoms with van der Waals surface area (Å²) in [4.78, 5) is 16.9. The van der Waals surface area contributed by atoms with Gasteiger partial charge in [-0.2, -0.15) is 10.5 Å². The minimum absolute atomic E-state index is 0.107. The molecule has 7 heteroatoms. The molecule has 180 valence electrons. The van der Waals surface area contributed by atoms with E-state index in [0.29, 0.717) is 41.0 Å². The molecule has 3 aromatic rings. The molecule has 35 heavy (non-hydrogen) atoms. The number of rotatable bonds is 7. The lowest BCUT2D eigenvalue weighted by Crippen LogP contribution is -2.31. The van der Waals surface area contributed by atoms with E-state index in [4.69, 9.17) is 14.2 Å². The number of carbonyl (C=O) groups excluding carboxylic acids is 1. The molecule has 0 radical (unpaired) electrons. The third-order valence-electron chi connectivity index (χ3n) is 6.71. The van der Waals surface area contributed by atoms with Crippen molar-refractivity contribution >= 4 is 16.7 Å². The lowest BCUT2D eigenvalue weighted by atomic mass is 9.71. The van der Waals surface area contributed by atoms with E-state index in [1.54, 1.807) is 25.3 Å². The summed E-state index contributed by atoms with van der Waals surface area (Å²) >= 11 is 0. The number of nitrogens with zero attached hydrogens (tertiary/aromatic N) is 2. The van der Waals surface area contributed by atoms with Crippen molar-refractivity contribution in [1.82, 2.24) is 4.98 Å². The molecule has 0 spiro atoms. The van der Waals surface area contributed by atoms with Crippen molar-refractivity contribution in [3.05, 3.63) is 63.8 Å². The first kappa shape index (κ1) is 24.5. The Bertz CT molecular complexity index is 1400. The fourth-order valence-corrected chi connectivity index (χ4v) is 4.46. The molecule has 4 rings (SSSR count). The Morgan fingerprint density at radius 3 is 2.51 bits per heavy atom. The number of nitriles is 2. The Balaban J connectivity index is 1.66.